The molecule has 0 saturated carbocycles. The van der Waals surface area contributed by atoms with E-state index in [1.807, 2.05) is 0 Å². The van der Waals surface area contributed by atoms with Crippen molar-refractivity contribution in [2.75, 3.05) is 20.1 Å². The number of nitrogens with one attached hydrogen (secondary N) is 1. The summed E-state index contributed by atoms with van der Waals surface area (Å²) in [5, 5.41) is 2.88. The van der Waals surface area contributed by atoms with Gasteiger partial charge >= 0.3 is 0 Å². The van der Waals surface area contributed by atoms with E-state index in [1.54, 1.807) is 19.2 Å². The number of nitrogens with zero attached hydrogens (tertiary/aromatic N) is 2. The Hall–Kier alpha value is -2.47. The fraction of sp³-hybridized carbons (Fsp3) is 0.400. The first kappa shape index (κ1) is 18.3. The molecule has 1 saturated heterocycles. The third-order valence-corrected chi connectivity index (χ3v) is 5.07. The van der Waals surface area contributed by atoms with E-state index in [9.17, 15) is 14.0 Å². The summed E-state index contributed by atoms with van der Waals surface area (Å²) < 4.78 is 14.5. The van der Waals surface area contributed by atoms with E-state index in [0.717, 1.165) is 19.4 Å². The molecule has 1 fully saturated rings. The average Bonchev–Trinajstić information content (AvgIpc) is 3.01. The van der Waals surface area contributed by atoms with E-state index in [0.29, 0.717) is 23.8 Å². The van der Waals surface area contributed by atoms with Crippen LogP contribution >= 0.6 is 0 Å². The van der Waals surface area contributed by atoms with Crippen LogP contribution in [0.25, 0.3) is 5.69 Å². The first-order chi connectivity index (χ1) is 12.5. The number of carbonyl (C=O) groups excluding carboxylic acids is 1. The highest BCUT2D eigenvalue weighted by molar-refractivity contribution is 5.95. The van der Waals surface area contributed by atoms with E-state index in [1.165, 1.54) is 35.3 Å². The second-order valence-corrected chi connectivity index (χ2v) is 6.85. The van der Waals surface area contributed by atoms with Crippen molar-refractivity contribution in [1.82, 2.24) is 14.8 Å². The molecule has 0 aliphatic carbocycles. The second-order valence-electron chi connectivity index (χ2n) is 6.85. The summed E-state index contributed by atoms with van der Waals surface area (Å²) in [5.41, 5.74) is 0.894. The molecule has 1 N–H and O–H groups in total. The molecule has 0 radical (unpaired) electrons. The zero-order chi connectivity index (χ0) is 18.7. The summed E-state index contributed by atoms with van der Waals surface area (Å²) in [6.07, 6.45) is 4.82. The number of pyridine rings is 1. The molecule has 138 valence electrons. The van der Waals surface area contributed by atoms with Crippen LogP contribution in [0.1, 0.15) is 35.2 Å². The van der Waals surface area contributed by atoms with Crippen molar-refractivity contribution in [3.8, 4) is 5.69 Å². The van der Waals surface area contributed by atoms with Crippen LogP contribution in [0, 0.1) is 12.7 Å². The molecule has 0 spiro atoms. The van der Waals surface area contributed by atoms with Crippen molar-refractivity contribution in [3.63, 3.8) is 0 Å². The number of hydrogen-bond donors (Lipinski definition) is 1. The Balaban J connectivity index is 1.76. The van der Waals surface area contributed by atoms with E-state index in [4.69, 9.17) is 0 Å². The molecular weight excluding hydrogens is 333 g/mol. The maximum absolute atomic E-state index is 13.1. The van der Waals surface area contributed by atoms with Crippen LogP contribution in [0.4, 0.5) is 4.39 Å². The van der Waals surface area contributed by atoms with E-state index in [2.05, 4.69) is 17.3 Å². The maximum atomic E-state index is 13.1. The third kappa shape index (κ3) is 3.85. The van der Waals surface area contributed by atoms with Gasteiger partial charge in [-0.15, -0.1) is 0 Å². The predicted octanol–water partition coefficient (Wildman–Crippen LogP) is 2.50. The van der Waals surface area contributed by atoms with Crippen LogP contribution in [0.5, 0.6) is 0 Å². The third-order valence-electron chi connectivity index (χ3n) is 5.07. The standard InChI is InChI=1S/C20H24FN3O2/c1-14-10-13-24(17-7-5-15(21)6-8-17)20(26)18(14)19(25)22-11-9-16-4-3-12-23(16)2/h5-8,10,13,16H,3-4,9,11-12H2,1-2H3,(H,22,25). The van der Waals surface area contributed by atoms with Crippen molar-refractivity contribution in [3.05, 3.63) is 63.8 Å². The van der Waals surface area contributed by atoms with E-state index >= 15 is 0 Å². The van der Waals surface area contributed by atoms with Crippen molar-refractivity contribution in [2.24, 2.45) is 0 Å². The zero-order valence-corrected chi connectivity index (χ0v) is 15.2. The topological polar surface area (TPSA) is 54.3 Å². The van der Waals surface area contributed by atoms with Crippen LogP contribution < -0.4 is 10.9 Å². The Bertz CT molecular complexity index is 845. The highest BCUT2D eigenvalue weighted by atomic mass is 19.1. The molecule has 2 heterocycles. The smallest absolute Gasteiger partial charge is 0.268 e. The lowest BCUT2D eigenvalue weighted by Gasteiger charge is -2.19. The monoisotopic (exact) mass is 357 g/mol. The van der Waals surface area contributed by atoms with Gasteiger partial charge in [-0.2, -0.15) is 0 Å². The molecular formula is C20H24FN3O2. The fourth-order valence-corrected chi connectivity index (χ4v) is 3.49. The number of aryl methyl sites for hydroxylation is 1. The number of aromatic nitrogens is 1. The van der Waals surface area contributed by atoms with Gasteiger partial charge in [-0.3, -0.25) is 14.2 Å². The molecule has 26 heavy (non-hydrogen) atoms. The first-order valence-corrected chi connectivity index (χ1v) is 8.94. The van der Waals surface area contributed by atoms with Crippen LogP contribution in [0.2, 0.25) is 0 Å². The minimum atomic E-state index is -0.396. The van der Waals surface area contributed by atoms with Gasteiger partial charge in [0.2, 0.25) is 0 Å². The van der Waals surface area contributed by atoms with Crippen LogP contribution in [-0.2, 0) is 0 Å². The van der Waals surface area contributed by atoms with Gasteiger partial charge in [0.05, 0.1) is 0 Å². The van der Waals surface area contributed by atoms with Crippen molar-refractivity contribution in [2.45, 2.75) is 32.2 Å². The number of carbonyl (C=O) groups is 1. The number of amides is 1. The highest BCUT2D eigenvalue weighted by Gasteiger charge is 2.21. The van der Waals surface area contributed by atoms with Gasteiger partial charge in [-0.25, -0.2) is 4.39 Å². The number of benzene rings is 1. The number of halogens is 1. The van der Waals surface area contributed by atoms with Crippen molar-refractivity contribution >= 4 is 5.91 Å². The molecule has 1 aromatic carbocycles. The molecule has 1 aliphatic rings. The molecule has 5 nitrogen and oxygen atoms in total. The molecule has 6 heteroatoms. The van der Waals surface area contributed by atoms with Crippen molar-refractivity contribution < 1.29 is 9.18 Å². The van der Waals surface area contributed by atoms with E-state index in [-0.39, 0.29) is 17.3 Å². The zero-order valence-electron chi connectivity index (χ0n) is 15.2. The Kier molecular flexibility index (Phi) is 5.52. The summed E-state index contributed by atoms with van der Waals surface area (Å²) in [7, 11) is 2.10. The molecule has 1 aliphatic heterocycles. The summed E-state index contributed by atoms with van der Waals surface area (Å²) in [6.45, 7) is 3.38. The Morgan fingerprint density at radius 3 is 2.65 bits per heavy atom. The van der Waals surface area contributed by atoms with Crippen molar-refractivity contribution in [1.29, 1.82) is 0 Å². The SMILES string of the molecule is Cc1ccn(-c2ccc(F)cc2)c(=O)c1C(=O)NCCC1CCCN1C. The van der Waals surface area contributed by atoms with Gasteiger partial charge in [-0.05, 0) is 75.7 Å². The van der Waals surface area contributed by atoms with Crippen LogP contribution in [-0.4, -0.2) is 41.6 Å². The van der Waals surface area contributed by atoms with Gasteiger partial charge in [-0.1, -0.05) is 0 Å². The lowest BCUT2D eigenvalue weighted by molar-refractivity contribution is 0.0948. The molecule has 0 bridgehead atoms. The summed E-state index contributed by atoms with van der Waals surface area (Å²) in [4.78, 5) is 27.7. The second kappa shape index (κ2) is 7.83. The van der Waals surface area contributed by atoms with Gasteiger partial charge in [0, 0.05) is 24.5 Å². The maximum Gasteiger partial charge on any atom is 0.268 e. The van der Waals surface area contributed by atoms with Gasteiger partial charge in [0.15, 0.2) is 0 Å². The molecule has 1 aromatic heterocycles. The predicted molar refractivity (Wildman–Crippen MR) is 99.3 cm³/mol. The molecule has 3 rings (SSSR count). The quantitative estimate of drug-likeness (QED) is 0.895. The largest absolute Gasteiger partial charge is 0.352 e. The van der Waals surface area contributed by atoms with Gasteiger partial charge in [0.25, 0.3) is 11.5 Å². The number of hydrogen-bond acceptors (Lipinski definition) is 3. The fourth-order valence-electron chi connectivity index (χ4n) is 3.49. The Morgan fingerprint density at radius 1 is 1.27 bits per heavy atom. The Morgan fingerprint density at radius 2 is 2.00 bits per heavy atom. The summed E-state index contributed by atoms with van der Waals surface area (Å²) >= 11 is 0. The minimum Gasteiger partial charge on any atom is -0.352 e. The molecule has 1 unspecified atom stereocenters. The molecule has 1 atom stereocenters. The summed E-state index contributed by atoms with van der Waals surface area (Å²) in [5.74, 6) is -0.728. The lowest BCUT2D eigenvalue weighted by atomic mass is 10.1. The van der Waals surface area contributed by atoms with Gasteiger partial charge < -0.3 is 10.2 Å². The van der Waals surface area contributed by atoms with E-state index < -0.39 is 5.56 Å². The first-order valence-electron chi connectivity index (χ1n) is 8.94. The Labute approximate surface area is 152 Å². The molecule has 2 aromatic rings. The lowest BCUT2D eigenvalue weighted by Crippen LogP contribution is -2.36. The van der Waals surface area contributed by atoms with Gasteiger partial charge in [0.1, 0.15) is 11.4 Å². The average molecular weight is 357 g/mol. The number of likely N-dealkylation sites (tertiary alicyclic amines) is 1. The number of rotatable bonds is 5. The highest BCUT2D eigenvalue weighted by Crippen LogP contribution is 2.17. The summed E-state index contributed by atoms with van der Waals surface area (Å²) in [6, 6.07) is 7.83. The molecule has 1 amide bonds. The normalized spacial score (nSPS) is 17.4. The minimum absolute atomic E-state index is 0.136. The van der Waals surface area contributed by atoms with Crippen LogP contribution in [0.15, 0.2) is 41.3 Å². The van der Waals surface area contributed by atoms with Crippen LogP contribution in [0.3, 0.4) is 0 Å².